The summed E-state index contributed by atoms with van der Waals surface area (Å²) >= 11 is 0. The molecule has 0 radical (unpaired) electrons. The molecule has 1 aromatic carbocycles. The molecule has 0 spiro atoms. The number of hydrogen-bond acceptors (Lipinski definition) is 3. The highest BCUT2D eigenvalue weighted by Gasteiger charge is 2.13. The zero-order valence-electron chi connectivity index (χ0n) is 10.8. The summed E-state index contributed by atoms with van der Waals surface area (Å²) in [5, 5.41) is 2.99. The van der Waals surface area contributed by atoms with Crippen LogP contribution in [-0.2, 0) is 6.54 Å². The average molecular weight is 293 g/mol. The SMILES string of the molecule is C=CC(C)NCc1ccc(OC(F)F)cc1OC(F)F. The van der Waals surface area contributed by atoms with Gasteiger partial charge in [0.05, 0.1) is 0 Å². The van der Waals surface area contributed by atoms with Crippen LogP contribution in [0.25, 0.3) is 0 Å². The van der Waals surface area contributed by atoms with Gasteiger partial charge in [-0.25, -0.2) is 0 Å². The molecule has 112 valence electrons. The Morgan fingerprint density at radius 1 is 1.20 bits per heavy atom. The molecule has 0 saturated heterocycles. The molecule has 0 heterocycles. The van der Waals surface area contributed by atoms with Crippen LogP contribution in [-0.4, -0.2) is 19.3 Å². The third-order valence-corrected chi connectivity index (χ3v) is 2.45. The van der Waals surface area contributed by atoms with Crippen LogP contribution in [0.5, 0.6) is 11.5 Å². The largest absolute Gasteiger partial charge is 0.435 e. The molecule has 20 heavy (non-hydrogen) atoms. The number of halogens is 4. The fourth-order valence-corrected chi connectivity index (χ4v) is 1.42. The normalized spacial score (nSPS) is 12.6. The molecule has 1 N–H and O–H groups in total. The summed E-state index contributed by atoms with van der Waals surface area (Å²) in [5.41, 5.74) is 0.403. The van der Waals surface area contributed by atoms with Gasteiger partial charge in [-0.3, -0.25) is 0 Å². The summed E-state index contributed by atoms with van der Waals surface area (Å²) in [6.45, 7) is -0.449. The maximum Gasteiger partial charge on any atom is 0.387 e. The van der Waals surface area contributed by atoms with Gasteiger partial charge in [0.1, 0.15) is 11.5 Å². The maximum absolute atomic E-state index is 12.3. The van der Waals surface area contributed by atoms with Crippen molar-refractivity contribution in [2.24, 2.45) is 0 Å². The predicted octanol–water partition coefficient (Wildman–Crippen LogP) is 3.55. The van der Waals surface area contributed by atoms with E-state index in [4.69, 9.17) is 0 Å². The van der Waals surface area contributed by atoms with E-state index < -0.39 is 13.2 Å². The molecule has 0 aliphatic rings. The van der Waals surface area contributed by atoms with E-state index in [2.05, 4.69) is 21.4 Å². The second-order valence-electron chi connectivity index (χ2n) is 3.93. The zero-order chi connectivity index (χ0) is 15.1. The van der Waals surface area contributed by atoms with Crippen molar-refractivity contribution in [1.82, 2.24) is 5.32 Å². The Kier molecular flexibility index (Phi) is 6.30. The fourth-order valence-electron chi connectivity index (χ4n) is 1.42. The highest BCUT2D eigenvalue weighted by molar-refractivity contribution is 5.40. The molecule has 1 aromatic rings. The Hall–Kier alpha value is -1.76. The van der Waals surface area contributed by atoms with Gasteiger partial charge >= 0.3 is 13.2 Å². The topological polar surface area (TPSA) is 30.5 Å². The molecule has 3 nitrogen and oxygen atoms in total. The van der Waals surface area contributed by atoms with Gasteiger partial charge in [-0.05, 0) is 13.0 Å². The molecule has 1 atom stereocenters. The molecule has 0 amide bonds. The van der Waals surface area contributed by atoms with Gasteiger partial charge in [-0.2, -0.15) is 17.6 Å². The Labute approximate surface area is 114 Å². The lowest BCUT2D eigenvalue weighted by molar-refractivity contribution is -0.0546. The molecule has 0 aromatic heterocycles. The van der Waals surface area contributed by atoms with E-state index in [1.807, 2.05) is 6.92 Å². The van der Waals surface area contributed by atoms with E-state index in [1.54, 1.807) is 6.08 Å². The Morgan fingerprint density at radius 2 is 1.85 bits per heavy atom. The van der Waals surface area contributed by atoms with E-state index in [9.17, 15) is 17.6 Å². The summed E-state index contributed by atoms with van der Waals surface area (Å²) in [4.78, 5) is 0. The lowest BCUT2D eigenvalue weighted by Crippen LogP contribution is -2.23. The zero-order valence-corrected chi connectivity index (χ0v) is 10.8. The van der Waals surface area contributed by atoms with Gasteiger partial charge in [0.2, 0.25) is 0 Å². The number of ether oxygens (including phenoxy) is 2. The number of nitrogens with one attached hydrogen (secondary N) is 1. The summed E-state index contributed by atoms with van der Waals surface area (Å²) in [6.07, 6.45) is 1.64. The van der Waals surface area contributed by atoms with Gasteiger partial charge < -0.3 is 14.8 Å². The smallest absolute Gasteiger partial charge is 0.387 e. The minimum atomic E-state index is -3.05. The number of rotatable bonds is 8. The molecule has 0 saturated carbocycles. The molecular weight excluding hydrogens is 278 g/mol. The summed E-state index contributed by atoms with van der Waals surface area (Å²) < 4.78 is 57.2. The lowest BCUT2D eigenvalue weighted by Gasteiger charge is -2.15. The van der Waals surface area contributed by atoms with E-state index in [1.165, 1.54) is 12.1 Å². The van der Waals surface area contributed by atoms with Crippen molar-refractivity contribution in [1.29, 1.82) is 0 Å². The summed E-state index contributed by atoms with van der Waals surface area (Å²) in [6, 6.07) is 3.62. The third kappa shape index (κ3) is 5.48. The van der Waals surface area contributed by atoms with Gasteiger partial charge in [-0.15, -0.1) is 6.58 Å². The van der Waals surface area contributed by atoms with Crippen LogP contribution in [0.4, 0.5) is 17.6 Å². The minimum absolute atomic E-state index is 0.0357. The van der Waals surface area contributed by atoms with Crippen molar-refractivity contribution >= 4 is 0 Å². The van der Waals surface area contributed by atoms with Gasteiger partial charge in [0, 0.05) is 24.2 Å². The molecular formula is C13H15F4NO2. The second-order valence-corrected chi connectivity index (χ2v) is 3.93. The molecule has 1 unspecified atom stereocenters. The van der Waals surface area contributed by atoms with Crippen LogP contribution < -0.4 is 14.8 Å². The first-order valence-corrected chi connectivity index (χ1v) is 5.81. The Balaban J connectivity index is 2.88. The minimum Gasteiger partial charge on any atom is -0.435 e. The monoisotopic (exact) mass is 293 g/mol. The van der Waals surface area contributed by atoms with Crippen LogP contribution in [0.1, 0.15) is 12.5 Å². The quantitative estimate of drug-likeness (QED) is 0.587. The lowest BCUT2D eigenvalue weighted by atomic mass is 10.1. The molecule has 0 aliphatic carbocycles. The Morgan fingerprint density at radius 3 is 2.40 bits per heavy atom. The van der Waals surface area contributed by atoms with Crippen molar-refractivity contribution in [2.75, 3.05) is 0 Å². The molecule has 0 bridgehead atoms. The summed E-state index contributed by atoms with van der Waals surface area (Å²) in [7, 11) is 0. The number of benzene rings is 1. The van der Waals surface area contributed by atoms with Gasteiger partial charge in [0.15, 0.2) is 0 Å². The second kappa shape index (κ2) is 7.74. The highest BCUT2D eigenvalue weighted by atomic mass is 19.3. The van der Waals surface area contributed by atoms with Crippen molar-refractivity contribution in [3.63, 3.8) is 0 Å². The first-order valence-electron chi connectivity index (χ1n) is 5.81. The van der Waals surface area contributed by atoms with Crippen molar-refractivity contribution < 1.29 is 27.0 Å². The molecule has 0 fully saturated rings. The number of alkyl halides is 4. The van der Waals surface area contributed by atoms with E-state index in [0.29, 0.717) is 5.56 Å². The van der Waals surface area contributed by atoms with Crippen LogP contribution in [0.3, 0.4) is 0 Å². The van der Waals surface area contributed by atoms with Crippen molar-refractivity contribution in [3.05, 3.63) is 36.4 Å². The first-order chi connectivity index (χ1) is 9.42. The Bertz CT molecular complexity index is 440. The third-order valence-electron chi connectivity index (χ3n) is 2.45. The van der Waals surface area contributed by atoms with Crippen LogP contribution in [0.15, 0.2) is 30.9 Å². The van der Waals surface area contributed by atoms with E-state index in [-0.39, 0.29) is 24.1 Å². The molecule has 0 aliphatic heterocycles. The average Bonchev–Trinajstić information content (AvgIpc) is 2.36. The van der Waals surface area contributed by atoms with Gasteiger partial charge in [-0.1, -0.05) is 12.1 Å². The predicted molar refractivity (Wildman–Crippen MR) is 66.2 cm³/mol. The molecule has 7 heteroatoms. The number of hydrogen-bond donors (Lipinski definition) is 1. The van der Waals surface area contributed by atoms with Gasteiger partial charge in [0.25, 0.3) is 0 Å². The van der Waals surface area contributed by atoms with E-state index >= 15 is 0 Å². The first kappa shape index (κ1) is 16.3. The maximum atomic E-state index is 12.3. The molecule has 1 rings (SSSR count). The standard InChI is InChI=1S/C13H15F4NO2/c1-3-8(2)18-7-9-4-5-10(19-12(14)15)6-11(9)20-13(16)17/h3-6,8,12-13,18H,1,7H2,2H3. The van der Waals surface area contributed by atoms with Crippen molar-refractivity contribution in [3.8, 4) is 11.5 Å². The highest BCUT2D eigenvalue weighted by Crippen LogP contribution is 2.27. The summed E-state index contributed by atoms with van der Waals surface area (Å²) in [5.74, 6) is -0.446. The van der Waals surface area contributed by atoms with Crippen LogP contribution >= 0.6 is 0 Å². The van der Waals surface area contributed by atoms with E-state index in [0.717, 1.165) is 6.07 Å². The van der Waals surface area contributed by atoms with Crippen LogP contribution in [0, 0.1) is 0 Å². The van der Waals surface area contributed by atoms with Crippen molar-refractivity contribution in [2.45, 2.75) is 32.7 Å². The van der Waals surface area contributed by atoms with Crippen LogP contribution in [0.2, 0.25) is 0 Å². The fraction of sp³-hybridized carbons (Fsp3) is 0.385.